The highest BCUT2D eigenvalue weighted by Crippen LogP contribution is 2.11. The zero-order valence-corrected chi connectivity index (χ0v) is 10.4. The van der Waals surface area contributed by atoms with E-state index in [1.165, 1.54) is 18.4 Å². The van der Waals surface area contributed by atoms with E-state index in [0.29, 0.717) is 6.04 Å². The summed E-state index contributed by atoms with van der Waals surface area (Å²) < 4.78 is 0. The zero-order chi connectivity index (χ0) is 12.0. The van der Waals surface area contributed by atoms with Gasteiger partial charge in [-0.1, -0.05) is 25.5 Å². The molecule has 1 rings (SSSR count). The van der Waals surface area contributed by atoms with Gasteiger partial charge in [0.25, 0.3) is 0 Å². The van der Waals surface area contributed by atoms with Crippen LogP contribution in [0.25, 0.3) is 0 Å². The minimum Gasteiger partial charge on any atom is -0.299 e. The van der Waals surface area contributed by atoms with Gasteiger partial charge in [-0.15, -0.1) is 0 Å². The maximum Gasteiger partial charge on any atom is 0.0991 e. The van der Waals surface area contributed by atoms with Crippen LogP contribution in [0.2, 0.25) is 0 Å². The Morgan fingerprint density at radius 3 is 2.81 bits per heavy atom. The Morgan fingerprint density at radius 2 is 2.19 bits per heavy atom. The Hall–Kier alpha value is -1.33. The highest BCUT2D eigenvalue weighted by molar-refractivity contribution is 5.32. The van der Waals surface area contributed by atoms with Gasteiger partial charge in [0.1, 0.15) is 0 Å². The molecule has 0 radical (unpaired) electrons. The topological polar surface area (TPSA) is 27.0 Å². The number of rotatable bonds is 5. The van der Waals surface area contributed by atoms with Crippen molar-refractivity contribution in [2.24, 2.45) is 0 Å². The Labute approximate surface area is 98.5 Å². The van der Waals surface area contributed by atoms with Crippen LogP contribution in [-0.4, -0.2) is 18.0 Å². The quantitative estimate of drug-likeness (QED) is 0.756. The summed E-state index contributed by atoms with van der Waals surface area (Å²) in [5.41, 5.74) is 1.96. The van der Waals surface area contributed by atoms with Crippen LogP contribution in [0.5, 0.6) is 0 Å². The van der Waals surface area contributed by atoms with Crippen LogP contribution in [0.3, 0.4) is 0 Å². The van der Waals surface area contributed by atoms with Crippen molar-refractivity contribution in [3.63, 3.8) is 0 Å². The molecule has 16 heavy (non-hydrogen) atoms. The normalized spacial score (nSPS) is 12.4. The molecule has 2 nitrogen and oxygen atoms in total. The third-order valence-corrected chi connectivity index (χ3v) is 2.95. The van der Waals surface area contributed by atoms with Crippen molar-refractivity contribution in [2.45, 2.75) is 39.3 Å². The second-order valence-electron chi connectivity index (χ2n) is 4.36. The van der Waals surface area contributed by atoms with E-state index in [1.54, 1.807) is 0 Å². The predicted octanol–water partition coefficient (Wildman–Crippen LogP) is 3.18. The first kappa shape index (κ1) is 12.7. The summed E-state index contributed by atoms with van der Waals surface area (Å²) in [5.74, 6) is 0. The summed E-state index contributed by atoms with van der Waals surface area (Å²) in [4.78, 5) is 2.33. The first-order chi connectivity index (χ1) is 7.67. The SMILES string of the molecule is CCCC(C)N(C)Cc1cccc(C#N)c1. The first-order valence-electron chi connectivity index (χ1n) is 5.86. The van der Waals surface area contributed by atoms with Crippen molar-refractivity contribution < 1.29 is 0 Å². The smallest absolute Gasteiger partial charge is 0.0991 e. The number of nitrogens with zero attached hydrogens (tertiary/aromatic N) is 2. The molecule has 0 N–H and O–H groups in total. The molecule has 0 fully saturated rings. The van der Waals surface area contributed by atoms with Gasteiger partial charge in [0.15, 0.2) is 0 Å². The Balaban J connectivity index is 2.62. The highest BCUT2D eigenvalue weighted by Gasteiger charge is 2.08. The number of benzene rings is 1. The molecule has 0 aliphatic heterocycles. The van der Waals surface area contributed by atoms with Crippen LogP contribution in [0.4, 0.5) is 0 Å². The average molecular weight is 216 g/mol. The van der Waals surface area contributed by atoms with Crippen molar-refractivity contribution in [1.29, 1.82) is 5.26 Å². The summed E-state index contributed by atoms with van der Waals surface area (Å²) >= 11 is 0. The van der Waals surface area contributed by atoms with E-state index in [-0.39, 0.29) is 0 Å². The van der Waals surface area contributed by atoms with Gasteiger partial charge in [0.05, 0.1) is 11.6 Å². The van der Waals surface area contributed by atoms with E-state index in [1.807, 2.05) is 18.2 Å². The lowest BCUT2D eigenvalue weighted by Gasteiger charge is -2.24. The van der Waals surface area contributed by atoms with Crippen LogP contribution in [0.15, 0.2) is 24.3 Å². The zero-order valence-electron chi connectivity index (χ0n) is 10.4. The predicted molar refractivity (Wildman–Crippen MR) is 67.0 cm³/mol. The molecule has 1 unspecified atom stereocenters. The van der Waals surface area contributed by atoms with Crippen molar-refractivity contribution in [3.05, 3.63) is 35.4 Å². The minimum atomic E-state index is 0.593. The van der Waals surface area contributed by atoms with E-state index < -0.39 is 0 Å². The number of nitriles is 1. The molecule has 1 atom stereocenters. The standard InChI is InChI=1S/C14H20N2/c1-4-6-12(2)16(3)11-14-8-5-7-13(9-14)10-15/h5,7-9,12H,4,6,11H2,1-3H3. The van der Waals surface area contributed by atoms with Gasteiger partial charge in [-0.3, -0.25) is 4.90 Å². The summed E-state index contributed by atoms with van der Waals surface area (Å²) in [7, 11) is 2.14. The summed E-state index contributed by atoms with van der Waals surface area (Å²) in [6.07, 6.45) is 2.43. The van der Waals surface area contributed by atoms with Gasteiger partial charge in [-0.2, -0.15) is 5.26 Å². The molecule has 1 aromatic rings. The van der Waals surface area contributed by atoms with E-state index >= 15 is 0 Å². The van der Waals surface area contributed by atoms with Gasteiger partial charge in [-0.25, -0.2) is 0 Å². The third kappa shape index (κ3) is 3.67. The maximum absolute atomic E-state index is 8.83. The van der Waals surface area contributed by atoms with Crippen molar-refractivity contribution in [2.75, 3.05) is 7.05 Å². The third-order valence-electron chi connectivity index (χ3n) is 2.95. The Bertz CT molecular complexity index is 365. The monoisotopic (exact) mass is 216 g/mol. The summed E-state index contributed by atoms with van der Waals surface area (Å²) in [6.45, 7) is 5.37. The minimum absolute atomic E-state index is 0.593. The molecule has 0 amide bonds. The molecule has 0 aliphatic rings. The molecule has 0 spiro atoms. The van der Waals surface area contributed by atoms with Crippen molar-refractivity contribution in [3.8, 4) is 6.07 Å². The molecule has 0 aliphatic carbocycles. The largest absolute Gasteiger partial charge is 0.299 e. The number of hydrogen-bond donors (Lipinski definition) is 0. The first-order valence-corrected chi connectivity index (χ1v) is 5.86. The summed E-state index contributed by atoms with van der Waals surface area (Å²) in [5, 5.41) is 8.83. The molecular formula is C14H20N2. The fourth-order valence-electron chi connectivity index (χ4n) is 1.82. The lowest BCUT2D eigenvalue weighted by atomic mass is 10.1. The van der Waals surface area contributed by atoms with Crippen LogP contribution in [-0.2, 0) is 6.54 Å². The van der Waals surface area contributed by atoms with E-state index in [0.717, 1.165) is 12.1 Å². The van der Waals surface area contributed by atoms with Gasteiger partial charge in [0.2, 0.25) is 0 Å². The molecular weight excluding hydrogens is 196 g/mol. The van der Waals surface area contributed by atoms with Gasteiger partial charge in [0, 0.05) is 12.6 Å². The molecule has 86 valence electrons. The second kappa shape index (κ2) is 6.30. The van der Waals surface area contributed by atoms with E-state index in [4.69, 9.17) is 5.26 Å². The maximum atomic E-state index is 8.83. The fraction of sp³-hybridized carbons (Fsp3) is 0.500. The van der Waals surface area contributed by atoms with Gasteiger partial charge in [-0.05, 0) is 38.1 Å². The highest BCUT2D eigenvalue weighted by atomic mass is 15.1. The van der Waals surface area contributed by atoms with Crippen LogP contribution >= 0.6 is 0 Å². The molecule has 0 aromatic heterocycles. The van der Waals surface area contributed by atoms with Crippen molar-refractivity contribution in [1.82, 2.24) is 4.90 Å². The molecule has 0 bridgehead atoms. The van der Waals surface area contributed by atoms with E-state index in [2.05, 4.69) is 37.9 Å². The number of hydrogen-bond acceptors (Lipinski definition) is 2. The lowest BCUT2D eigenvalue weighted by molar-refractivity contribution is 0.237. The molecule has 1 aromatic carbocycles. The summed E-state index contributed by atoms with van der Waals surface area (Å²) in [6, 6.07) is 10.6. The Kier molecular flexibility index (Phi) is 5.01. The Morgan fingerprint density at radius 1 is 1.44 bits per heavy atom. The molecule has 2 heteroatoms. The van der Waals surface area contributed by atoms with Crippen LogP contribution < -0.4 is 0 Å². The van der Waals surface area contributed by atoms with Gasteiger partial charge >= 0.3 is 0 Å². The molecule has 0 saturated carbocycles. The van der Waals surface area contributed by atoms with Crippen LogP contribution in [0.1, 0.15) is 37.8 Å². The van der Waals surface area contributed by atoms with E-state index in [9.17, 15) is 0 Å². The average Bonchev–Trinajstić information content (AvgIpc) is 2.29. The van der Waals surface area contributed by atoms with Crippen LogP contribution in [0, 0.1) is 11.3 Å². The fourth-order valence-corrected chi connectivity index (χ4v) is 1.82. The lowest BCUT2D eigenvalue weighted by Crippen LogP contribution is -2.28. The molecule has 0 saturated heterocycles. The van der Waals surface area contributed by atoms with Gasteiger partial charge < -0.3 is 0 Å². The second-order valence-corrected chi connectivity index (χ2v) is 4.36. The molecule has 0 heterocycles. The van der Waals surface area contributed by atoms with Crippen molar-refractivity contribution >= 4 is 0 Å².